The lowest BCUT2D eigenvalue weighted by atomic mass is 9.98. The van der Waals surface area contributed by atoms with Crippen LogP contribution in [-0.2, 0) is 37.8 Å². The summed E-state index contributed by atoms with van der Waals surface area (Å²) in [6.07, 6.45) is -2.23. The van der Waals surface area contributed by atoms with Gasteiger partial charge in [0.1, 0.15) is 22.6 Å². The zero-order valence-electron chi connectivity index (χ0n) is 34.7. The molecule has 1 aliphatic heterocycles. The summed E-state index contributed by atoms with van der Waals surface area (Å²) < 4.78 is 54.6. The first kappa shape index (κ1) is 45.2. The van der Waals surface area contributed by atoms with Crippen LogP contribution in [0.1, 0.15) is 84.7 Å². The highest BCUT2D eigenvalue weighted by Crippen LogP contribution is 2.32. The van der Waals surface area contributed by atoms with Crippen LogP contribution in [0.25, 0.3) is 0 Å². The third-order valence-corrected chi connectivity index (χ3v) is 8.80. The molecule has 0 spiro atoms. The molecule has 1 aromatic heterocycles. The largest absolute Gasteiger partial charge is 0.444 e. The van der Waals surface area contributed by atoms with Crippen LogP contribution in [0.4, 0.5) is 29.0 Å². The van der Waals surface area contributed by atoms with E-state index in [-0.39, 0.29) is 49.3 Å². The number of aryl methyl sites for hydroxylation is 1. The van der Waals surface area contributed by atoms with E-state index in [9.17, 15) is 14.4 Å². The Morgan fingerprint density at radius 3 is 2.07 bits per heavy atom. The second kappa shape index (κ2) is 18.4. The number of amides is 3. The molecule has 0 unspecified atom stereocenters. The van der Waals surface area contributed by atoms with E-state index < -0.39 is 53.7 Å². The third kappa shape index (κ3) is 14.4. The number of aromatic nitrogens is 1. The number of pyridine rings is 1. The first-order chi connectivity index (χ1) is 26.4. The van der Waals surface area contributed by atoms with E-state index in [1.165, 1.54) is 29.2 Å². The Kier molecular flexibility index (Phi) is 14.6. The fraction of sp³-hybridized carbons (Fsp3) is 0.535. The maximum absolute atomic E-state index is 15.6. The van der Waals surface area contributed by atoms with Crippen molar-refractivity contribution in [3.63, 3.8) is 0 Å². The monoisotopic (exact) mass is 814 g/mol. The second-order valence-corrected chi connectivity index (χ2v) is 17.9. The van der Waals surface area contributed by atoms with Crippen LogP contribution < -0.4 is 4.90 Å². The van der Waals surface area contributed by atoms with Crippen molar-refractivity contribution in [2.75, 3.05) is 37.7 Å². The van der Waals surface area contributed by atoms with Gasteiger partial charge in [0.15, 0.2) is 0 Å². The lowest BCUT2D eigenvalue weighted by Crippen LogP contribution is -2.44. The Bertz CT molecular complexity index is 1840. The van der Waals surface area contributed by atoms with Crippen molar-refractivity contribution in [3.8, 4) is 0 Å². The molecule has 0 radical (unpaired) electrons. The van der Waals surface area contributed by atoms with Gasteiger partial charge >= 0.3 is 18.3 Å². The number of hydrogen-bond donors (Lipinski definition) is 0. The highest BCUT2D eigenvalue weighted by molar-refractivity contribution is 6.30. The maximum Gasteiger partial charge on any atom is 0.416 e. The Balaban J connectivity index is 1.60. The van der Waals surface area contributed by atoms with Crippen LogP contribution in [0.3, 0.4) is 0 Å². The fourth-order valence-electron chi connectivity index (χ4n) is 6.18. The molecule has 0 saturated carbocycles. The molecule has 1 aliphatic rings. The average molecular weight is 815 g/mol. The number of rotatable bonds is 12. The average Bonchev–Trinajstić information content (AvgIpc) is 3.47. The standard InChI is InChI=1S/C43H57ClF2N4O7/c1-29-21-34(47-36(22-29)50(39(53)57-42(8,9)10)25-30-15-12-11-13-16-30)23-31-26-49(38(52)56-41(5,6)7)27-35(31)54-20-19-48(37(51)55-40(2,3)4)28-43(45,46)32-17-14-18-33(44)24-32/h11-18,21-22,24,31,35H,19-20,23,25-28H2,1-10H3/t31-,35+/m1/s1. The molecule has 0 bridgehead atoms. The van der Waals surface area contributed by atoms with Crippen LogP contribution in [0.15, 0.2) is 66.7 Å². The molecule has 1 saturated heterocycles. The van der Waals surface area contributed by atoms with Gasteiger partial charge in [-0.3, -0.25) is 9.80 Å². The van der Waals surface area contributed by atoms with Crippen molar-refractivity contribution in [2.24, 2.45) is 5.92 Å². The molecule has 2 heterocycles. The number of alkyl halides is 2. The van der Waals surface area contributed by atoms with E-state index in [1.54, 1.807) is 67.2 Å². The summed E-state index contributed by atoms with van der Waals surface area (Å²) in [4.78, 5) is 49.1. The zero-order chi connectivity index (χ0) is 42.3. The Hall–Kier alpha value is -4.49. The summed E-state index contributed by atoms with van der Waals surface area (Å²) in [5.41, 5.74) is -0.389. The minimum absolute atomic E-state index is 0.135. The van der Waals surface area contributed by atoms with Gasteiger partial charge in [0.05, 0.1) is 32.3 Å². The summed E-state index contributed by atoms with van der Waals surface area (Å²) in [5.74, 6) is -3.36. The van der Waals surface area contributed by atoms with Crippen LogP contribution in [0.2, 0.25) is 5.02 Å². The lowest BCUT2D eigenvalue weighted by Gasteiger charge is -2.31. The summed E-state index contributed by atoms with van der Waals surface area (Å²) in [5, 5.41) is 0.144. The SMILES string of the molecule is Cc1cc(C[C@@H]2CN(C(=O)OC(C)(C)C)C[C@@H]2OCCN(CC(F)(F)c2cccc(Cl)c2)C(=O)OC(C)(C)C)nc(N(Cc2ccccc2)C(=O)OC(C)(C)C)c1. The number of hydrogen-bond acceptors (Lipinski definition) is 8. The van der Waals surface area contributed by atoms with Crippen molar-refractivity contribution in [3.05, 3.63) is 94.1 Å². The molecule has 2 aromatic carbocycles. The highest BCUT2D eigenvalue weighted by atomic mass is 35.5. The summed E-state index contributed by atoms with van der Waals surface area (Å²) in [7, 11) is 0. The number of nitrogens with zero attached hydrogens (tertiary/aromatic N) is 4. The number of carbonyl (C=O) groups excluding carboxylic acids is 3. The number of benzene rings is 2. The van der Waals surface area contributed by atoms with Gasteiger partial charge in [0.2, 0.25) is 0 Å². The van der Waals surface area contributed by atoms with E-state index >= 15 is 8.78 Å². The minimum atomic E-state index is -3.45. The maximum atomic E-state index is 15.6. The van der Waals surface area contributed by atoms with Crippen molar-refractivity contribution >= 4 is 35.7 Å². The van der Waals surface area contributed by atoms with Gasteiger partial charge in [-0.05, 0) is 111 Å². The first-order valence-corrected chi connectivity index (χ1v) is 19.5. The van der Waals surface area contributed by atoms with Gasteiger partial charge in [0.25, 0.3) is 5.92 Å². The molecular formula is C43H57ClF2N4O7. The molecule has 3 aromatic rings. The van der Waals surface area contributed by atoms with E-state index in [2.05, 4.69) is 0 Å². The van der Waals surface area contributed by atoms with Crippen LogP contribution in [0.5, 0.6) is 0 Å². The van der Waals surface area contributed by atoms with E-state index in [0.717, 1.165) is 16.0 Å². The van der Waals surface area contributed by atoms with Crippen LogP contribution >= 0.6 is 11.6 Å². The summed E-state index contributed by atoms with van der Waals surface area (Å²) in [6, 6.07) is 18.6. The topological polar surface area (TPSA) is 111 Å². The van der Waals surface area contributed by atoms with Crippen molar-refractivity contribution < 1.29 is 42.1 Å². The summed E-state index contributed by atoms with van der Waals surface area (Å²) in [6.45, 7) is 16.9. The molecule has 57 heavy (non-hydrogen) atoms. The smallest absolute Gasteiger partial charge is 0.416 e. The van der Waals surface area contributed by atoms with Gasteiger partial charge in [0, 0.05) is 35.3 Å². The molecule has 312 valence electrons. The molecule has 1 fully saturated rings. The van der Waals surface area contributed by atoms with Crippen molar-refractivity contribution in [1.82, 2.24) is 14.8 Å². The molecule has 14 heteroatoms. The molecular weight excluding hydrogens is 758 g/mol. The number of anilines is 1. The zero-order valence-corrected chi connectivity index (χ0v) is 35.5. The van der Waals surface area contributed by atoms with Crippen molar-refractivity contribution in [2.45, 2.75) is 111 Å². The number of ether oxygens (including phenoxy) is 4. The first-order valence-electron chi connectivity index (χ1n) is 19.1. The minimum Gasteiger partial charge on any atom is -0.444 e. The lowest BCUT2D eigenvalue weighted by molar-refractivity contribution is -0.0559. The fourth-order valence-corrected chi connectivity index (χ4v) is 6.37. The molecule has 0 N–H and O–H groups in total. The van der Waals surface area contributed by atoms with Gasteiger partial charge in [-0.2, -0.15) is 8.78 Å². The Morgan fingerprint density at radius 2 is 1.46 bits per heavy atom. The predicted octanol–water partition coefficient (Wildman–Crippen LogP) is 9.81. The van der Waals surface area contributed by atoms with Gasteiger partial charge in [-0.1, -0.05) is 54.1 Å². The normalized spacial score (nSPS) is 16.3. The molecule has 4 rings (SSSR count). The quantitative estimate of drug-likeness (QED) is 0.166. The number of halogens is 3. The van der Waals surface area contributed by atoms with Gasteiger partial charge in [-0.15, -0.1) is 0 Å². The number of carbonyl (C=O) groups is 3. The van der Waals surface area contributed by atoms with Crippen LogP contribution in [0, 0.1) is 12.8 Å². The van der Waals surface area contributed by atoms with E-state index in [4.69, 9.17) is 35.5 Å². The Morgan fingerprint density at radius 1 is 0.825 bits per heavy atom. The van der Waals surface area contributed by atoms with Crippen LogP contribution in [-0.4, -0.2) is 88.8 Å². The second-order valence-electron chi connectivity index (χ2n) is 17.4. The predicted molar refractivity (Wildman–Crippen MR) is 216 cm³/mol. The highest BCUT2D eigenvalue weighted by Gasteiger charge is 2.40. The molecule has 3 amide bonds. The molecule has 2 atom stereocenters. The summed E-state index contributed by atoms with van der Waals surface area (Å²) >= 11 is 6.01. The third-order valence-electron chi connectivity index (χ3n) is 8.57. The van der Waals surface area contributed by atoms with Gasteiger partial charge < -0.3 is 23.8 Å². The Labute approximate surface area is 340 Å². The van der Waals surface area contributed by atoms with Gasteiger partial charge in [-0.25, -0.2) is 19.4 Å². The molecule has 0 aliphatic carbocycles. The van der Waals surface area contributed by atoms with Crippen molar-refractivity contribution in [1.29, 1.82) is 0 Å². The van der Waals surface area contributed by atoms with E-state index in [0.29, 0.717) is 17.9 Å². The molecule has 11 nitrogen and oxygen atoms in total. The number of likely N-dealkylation sites (tertiary alicyclic amines) is 1. The van der Waals surface area contributed by atoms with E-state index in [1.807, 2.05) is 49.4 Å².